The predicted octanol–water partition coefficient (Wildman–Crippen LogP) is 4.03. The minimum absolute atomic E-state index is 0.830. The highest BCUT2D eigenvalue weighted by atomic mass is 32.2. The molecule has 0 bridgehead atoms. The van der Waals surface area contributed by atoms with Crippen molar-refractivity contribution in [3.8, 4) is 0 Å². The molecule has 17 heavy (non-hydrogen) atoms. The summed E-state index contributed by atoms with van der Waals surface area (Å²) in [4.78, 5) is 6.57. The molecule has 0 unspecified atom stereocenters. The van der Waals surface area contributed by atoms with Crippen molar-refractivity contribution in [2.45, 2.75) is 11.4 Å². The number of hydrogen-bond acceptors (Lipinski definition) is 4. The van der Waals surface area contributed by atoms with E-state index in [1.807, 2.05) is 23.8 Å². The van der Waals surface area contributed by atoms with E-state index in [4.69, 9.17) is 0 Å². The van der Waals surface area contributed by atoms with Gasteiger partial charge in [0.25, 0.3) is 0 Å². The van der Waals surface area contributed by atoms with E-state index in [0.29, 0.717) is 0 Å². The van der Waals surface area contributed by atoms with Crippen LogP contribution in [0.15, 0.2) is 53.5 Å². The molecule has 0 atom stereocenters. The molecule has 0 aliphatic carbocycles. The average molecular weight is 262 g/mol. The molecular weight excluding hydrogens is 248 g/mol. The minimum atomic E-state index is 0.830. The van der Waals surface area contributed by atoms with Gasteiger partial charge in [-0.05, 0) is 12.1 Å². The zero-order valence-corrected chi connectivity index (χ0v) is 11.1. The SMILES string of the molecule is C=CCSc1ccccc1NCc1cncs1. The highest BCUT2D eigenvalue weighted by Crippen LogP contribution is 2.27. The van der Waals surface area contributed by atoms with Crippen LogP contribution in [0.3, 0.4) is 0 Å². The Balaban J connectivity index is 2.01. The summed E-state index contributed by atoms with van der Waals surface area (Å²) < 4.78 is 0. The van der Waals surface area contributed by atoms with Crippen LogP contribution >= 0.6 is 23.1 Å². The lowest BCUT2D eigenvalue weighted by Crippen LogP contribution is -1.98. The van der Waals surface area contributed by atoms with E-state index in [9.17, 15) is 0 Å². The second kappa shape index (κ2) is 6.47. The molecule has 2 rings (SSSR count). The van der Waals surface area contributed by atoms with E-state index in [1.165, 1.54) is 15.5 Å². The first-order valence-corrected chi connectivity index (χ1v) is 7.20. The smallest absolute Gasteiger partial charge is 0.0794 e. The van der Waals surface area contributed by atoms with E-state index in [1.54, 1.807) is 23.1 Å². The van der Waals surface area contributed by atoms with Gasteiger partial charge in [-0.2, -0.15) is 0 Å². The van der Waals surface area contributed by atoms with Gasteiger partial charge < -0.3 is 5.32 Å². The largest absolute Gasteiger partial charge is 0.379 e. The van der Waals surface area contributed by atoms with Gasteiger partial charge >= 0.3 is 0 Å². The van der Waals surface area contributed by atoms with E-state index in [0.717, 1.165) is 12.3 Å². The third-order valence-corrected chi connectivity index (χ3v) is 4.03. The maximum absolute atomic E-state index is 4.07. The summed E-state index contributed by atoms with van der Waals surface area (Å²) >= 11 is 3.46. The Labute approximate surface area is 110 Å². The van der Waals surface area contributed by atoms with Crippen molar-refractivity contribution in [1.82, 2.24) is 4.98 Å². The third kappa shape index (κ3) is 3.61. The van der Waals surface area contributed by atoms with E-state index in [2.05, 4.69) is 35.1 Å². The van der Waals surface area contributed by atoms with Crippen LogP contribution in [0, 0.1) is 0 Å². The van der Waals surface area contributed by atoms with Crippen molar-refractivity contribution in [3.63, 3.8) is 0 Å². The summed E-state index contributed by atoms with van der Waals surface area (Å²) in [5.41, 5.74) is 3.03. The zero-order valence-electron chi connectivity index (χ0n) is 9.43. The Bertz CT molecular complexity index is 466. The van der Waals surface area contributed by atoms with Crippen molar-refractivity contribution >= 4 is 28.8 Å². The van der Waals surface area contributed by atoms with Gasteiger partial charge in [-0.1, -0.05) is 18.2 Å². The first kappa shape index (κ1) is 12.2. The van der Waals surface area contributed by atoms with Crippen LogP contribution in [-0.2, 0) is 6.54 Å². The second-order valence-corrected chi connectivity index (χ2v) is 5.45. The van der Waals surface area contributed by atoms with E-state index in [-0.39, 0.29) is 0 Å². The number of benzene rings is 1. The Hall–Kier alpha value is -1.26. The summed E-state index contributed by atoms with van der Waals surface area (Å²) in [7, 11) is 0. The quantitative estimate of drug-likeness (QED) is 0.628. The van der Waals surface area contributed by atoms with Crippen LogP contribution in [0.2, 0.25) is 0 Å². The number of aromatic nitrogens is 1. The first-order valence-electron chi connectivity index (χ1n) is 5.34. The number of para-hydroxylation sites is 1. The van der Waals surface area contributed by atoms with Crippen molar-refractivity contribution in [3.05, 3.63) is 53.5 Å². The van der Waals surface area contributed by atoms with Crippen LogP contribution in [0.25, 0.3) is 0 Å². The summed E-state index contributed by atoms with van der Waals surface area (Å²) in [6.07, 6.45) is 3.82. The molecule has 2 nitrogen and oxygen atoms in total. The number of hydrogen-bond donors (Lipinski definition) is 1. The van der Waals surface area contributed by atoms with E-state index < -0.39 is 0 Å². The van der Waals surface area contributed by atoms with Gasteiger partial charge in [-0.15, -0.1) is 29.7 Å². The maximum atomic E-state index is 4.07. The van der Waals surface area contributed by atoms with Crippen LogP contribution in [0.1, 0.15) is 4.88 Å². The van der Waals surface area contributed by atoms with Crippen molar-refractivity contribution in [2.75, 3.05) is 11.1 Å². The third-order valence-electron chi connectivity index (χ3n) is 2.18. The molecule has 0 amide bonds. The molecule has 4 heteroatoms. The molecular formula is C13H14N2S2. The Kier molecular flexibility index (Phi) is 4.64. The zero-order chi connectivity index (χ0) is 11.9. The first-order chi connectivity index (χ1) is 8.40. The topological polar surface area (TPSA) is 24.9 Å². The van der Waals surface area contributed by atoms with Crippen LogP contribution in [0.5, 0.6) is 0 Å². The van der Waals surface area contributed by atoms with Gasteiger partial charge in [0.2, 0.25) is 0 Å². The van der Waals surface area contributed by atoms with Crippen LogP contribution < -0.4 is 5.32 Å². The molecule has 0 aliphatic rings. The van der Waals surface area contributed by atoms with Crippen LogP contribution in [-0.4, -0.2) is 10.7 Å². The highest BCUT2D eigenvalue weighted by Gasteiger charge is 2.01. The number of anilines is 1. The average Bonchev–Trinajstić information content (AvgIpc) is 2.88. The summed E-state index contributed by atoms with van der Waals surface area (Å²) in [6.45, 7) is 4.57. The molecule has 0 aliphatic heterocycles. The molecule has 1 heterocycles. The highest BCUT2D eigenvalue weighted by molar-refractivity contribution is 7.99. The van der Waals surface area contributed by atoms with Crippen molar-refractivity contribution in [1.29, 1.82) is 0 Å². The molecule has 1 aromatic carbocycles. The van der Waals surface area contributed by atoms with Gasteiger partial charge in [0.05, 0.1) is 12.1 Å². The van der Waals surface area contributed by atoms with Crippen molar-refractivity contribution in [2.24, 2.45) is 0 Å². The molecule has 88 valence electrons. The standard InChI is InChI=1S/C13H14N2S2/c1-2-7-16-13-6-4-3-5-12(13)15-9-11-8-14-10-17-11/h2-6,8,10,15H,1,7,9H2. The lowest BCUT2D eigenvalue weighted by Gasteiger charge is -2.09. The number of nitrogens with zero attached hydrogens (tertiary/aromatic N) is 1. The number of thioether (sulfide) groups is 1. The molecule has 0 spiro atoms. The minimum Gasteiger partial charge on any atom is -0.379 e. The fraction of sp³-hybridized carbons (Fsp3) is 0.154. The molecule has 0 fully saturated rings. The van der Waals surface area contributed by atoms with Gasteiger partial charge in [-0.25, -0.2) is 0 Å². The normalized spacial score (nSPS) is 10.1. The predicted molar refractivity (Wildman–Crippen MR) is 76.8 cm³/mol. The number of rotatable bonds is 6. The molecule has 1 N–H and O–H groups in total. The van der Waals surface area contributed by atoms with Gasteiger partial charge in [0.1, 0.15) is 0 Å². The van der Waals surface area contributed by atoms with E-state index >= 15 is 0 Å². The summed E-state index contributed by atoms with van der Waals surface area (Å²) in [5.74, 6) is 0.930. The fourth-order valence-corrected chi connectivity index (χ4v) is 2.70. The molecule has 0 radical (unpaired) electrons. The second-order valence-electron chi connectivity index (χ2n) is 3.42. The summed E-state index contributed by atoms with van der Waals surface area (Å²) in [6, 6.07) is 8.34. The molecule has 2 aromatic rings. The van der Waals surface area contributed by atoms with Gasteiger partial charge in [0.15, 0.2) is 0 Å². The fourth-order valence-electron chi connectivity index (χ4n) is 1.40. The Morgan fingerprint density at radius 1 is 1.41 bits per heavy atom. The molecule has 1 aromatic heterocycles. The monoisotopic (exact) mass is 262 g/mol. The van der Waals surface area contributed by atoms with Gasteiger partial charge in [-0.3, -0.25) is 4.98 Å². The maximum Gasteiger partial charge on any atom is 0.0794 e. The van der Waals surface area contributed by atoms with Crippen molar-refractivity contribution < 1.29 is 0 Å². The lowest BCUT2D eigenvalue weighted by atomic mass is 10.3. The number of thiazole rings is 1. The molecule has 0 saturated heterocycles. The Morgan fingerprint density at radius 2 is 2.29 bits per heavy atom. The van der Waals surface area contributed by atoms with Gasteiger partial charge in [0, 0.05) is 27.4 Å². The lowest BCUT2D eigenvalue weighted by molar-refractivity contribution is 1.15. The summed E-state index contributed by atoms with van der Waals surface area (Å²) in [5, 5.41) is 3.44. The Morgan fingerprint density at radius 3 is 3.06 bits per heavy atom. The number of nitrogens with one attached hydrogen (secondary N) is 1. The molecule has 0 saturated carbocycles. The van der Waals surface area contributed by atoms with Crippen LogP contribution in [0.4, 0.5) is 5.69 Å².